The lowest BCUT2D eigenvalue weighted by Crippen LogP contribution is -2.27. The molecule has 168 valence electrons. The van der Waals surface area contributed by atoms with Gasteiger partial charge < -0.3 is 0 Å². The molecule has 0 N–H and O–H groups in total. The van der Waals surface area contributed by atoms with Crippen LogP contribution in [0.2, 0.25) is 0 Å². The van der Waals surface area contributed by atoms with Gasteiger partial charge in [-0.15, -0.1) is 0 Å². The Morgan fingerprint density at radius 2 is 1.68 bits per heavy atom. The average Bonchev–Trinajstić information content (AvgIpc) is 3.58. The number of fused-ring (bicyclic) bond motifs is 2. The molecule has 0 aromatic heterocycles. The van der Waals surface area contributed by atoms with Gasteiger partial charge in [-0.05, 0) is 73.1 Å². The highest BCUT2D eigenvalue weighted by molar-refractivity contribution is 5.87. The van der Waals surface area contributed by atoms with Gasteiger partial charge in [-0.1, -0.05) is 113 Å². The molecule has 0 saturated heterocycles. The van der Waals surface area contributed by atoms with Gasteiger partial charge in [0.05, 0.1) is 0 Å². The lowest BCUT2D eigenvalue weighted by atomic mass is 9.68. The molecule has 0 radical (unpaired) electrons. The number of hydrogen-bond acceptors (Lipinski definition) is 0. The Balaban J connectivity index is 1.64. The van der Waals surface area contributed by atoms with E-state index in [-0.39, 0.29) is 0 Å². The third-order valence-corrected chi connectivity index (χ3v) is 7.94. The molecular formula is C31H44. The predicted molar refractivity (Wildman–Crippen MR) is 136 cm³/mol. The second-order valence-electron chi connectivity index (χ2n) is 10.4. The Morgan fingerprint density at radius 1 is 0.935 bits per heavy atom. The van der Waals surface area contributed by atoms with Crippen LogP contribution in [0.3, 0.4) is 0 Å². The standard InChI is InChI=1S/C31H44/c1-3-5-7-11-22-31(23-12-8-6-4-2)29-17-10-9-16-27(29)28-21-20-26(24-30(28)31)15-13-14-25-18-19-25/h9,13-14,16,20-21,24-25H,3-8,10-12,15,17-19,22-23H2,1-2H3/b14-13+. The van der Waals surface area contributed by atoms with E-state index < -0.39 is 0 Å². The summed E-state index contributed by atoms with van der Waals surface area (Å²) in [5, 5.41) is 0. The second-order valence-corrected chi connectivity index (χ2v) is 10.4. The first-order chi connectivity index (χ1) is 15.3. The molecule has 1 fully saturated rings. The van der Waals surface area contributed by atoms with Gasteiger partial charge in [0.1, 0.15) is 0 Å². The van der Waals surface area contributed by atoms with Gasteiger partial charge in [-0.3, -0.25) is 0 Å². The van der Waals surface area contributed by atoms with Gasteiger partial charge in [-0.2, -0.15) is 0 Å². The molecule has 3 aliphatic rings. The highest BCUT2D eigenvalue weighted by atomic mass is 14.5. The van der Waals surface area contributed by atoms with Crippen molar-refractivity contribution in [1.29, 1.82) is 0 Å². The van der Waals surface area contributed by atoms with Crippen molar-refractivity contribution in [2.45, 2.75) is 116 Å². The van der Waals surface area contributed by atoms with Crippen LogP contribution in [0.5, 0.6) is 0 Å². The SMILES string of the molecule is CCCCCCC1(CCCCCC)C2=C(C=CCC2)c2ccc(C/C=C/C3CC3)cc21. The molecule has 0 unspecified atom stereocenters. The fraction of sp³-hybridized carbons (Fsp3) is 0.613. The van der Waals surface area contributed by atoms with Crippen molar-refractivity contribution in [2.75, 3.05) is 0 Å². The Hall–Kier alpha value is -1.56. The fourth-order valence-electron chi connectivity index (χ4n) is 6.01. The summed E-state index contributed by atoms with van der Waals surface area (Å²) in [6.07, 6.45) is 29.9. The van der Waals surface area contributed by atoms with Crippen molar-refractivity contribution in [3.8, 4) is 0 Å². The van der Waals surface area contributed by atoms with Gasteiger partial charge in [0.2, 0.25) is 0 Å². The van der Waals surface area contributed by atoms with Crippen molar-refractivity contribution in [2.24, 2.45) is 5.92 Å². The van der Waals surface area contributed by atoms with Crippen molar-refractivity contribution >= 4 is 5.57 Å². The molecule has 0 heteroatoms. The van der Waals surface area contributed by atoms with E-state index in [9.17, 15) is 0 Å². The maximum absolute atomic E-state index is 2.62. The quantitative estimate of drug-likeness (QED) is 0.222. The van der Waals surface area contributed by atoms with Crippen molar-refractivity contribution in [3.63, 3.8) is 0 Å². The zero-order chi connectivity index (χ0) is 21.5. The zero-order valence-corrected chi connectivity index (χ0v) is 20.2. The molecule has 31 heavy (non-hydrogen) atoms. The topological polar surface area (TPSA) is 0 Å². The van der Waals surface area contributed by atoms with Gasteiger partial charge in [0, 0.05) is 5.41 Å². The van der Waals surface area contributed by atoms with Gasteiger partial charge in [0.15, 0.2) is 0 Å². The zero-order valence-electron chi connectivity index (χ0n) is 20.2. The van der Waals surface area contributed by atoms with Gasteiger partial charge in [0.25, 0.3) is 0 Å². The largest absolute Gasteiger partial charge is 0.0851 e. The van der Waals surface area contributed by atoms with E-state index in [0.717, 1.165) is 12.3 Å². The molecule has 0 spiro atoms. The molecule has 1 saturated carbocycles. The van der Waals surface area contributed by atoms with Crippen molar-refractivity contribution in [3.05, 3.63) is 64.8 Å². The van der Waals surface area contributed by atoms with Crippen LogP contribution in [0.15, 0.2) is 48.1 Å². The third-order valence-electron chi connectivity index (χ3n) is 7.94. The van der Waals surface area contributed by atoms with E-state index in [4.69, 9.17) is 0 Å². The van der Waals surface area contributed by atoms with Crippen LogP contribution in [0.25, 0.3) is 5.57 Å². The van der Waals surface area contributed by atoms with E-state index in [1.54, 1.807) is 22.3 Å². The highest BCUT2D eigenvalue weighted by Crippen LogP contribution is 2.55. The van der Waals surface area contributed by atoms with Crippen LogP contribution in [0.4, 0.5) is 0 Å². The summed E-state index contributed by atoms with van der Waals surface area (Å²) in [7, 11) is 0. The molecule has 0 bridgehead atoms. The Morgan fingerprint density at radius 3 is 2.35 bits per heavy atom. The molecule has 3 aliphatic carbocycles. The minimum atomic E-state index is 0.313. The summed E-state index contributed by atoms with van der Waals surface area (Å²) in [5.74, 6) is 0.879. The van der Waals surface area contributed by atoms with E-state index in [1.807, 2.05) is 0 Å². The van der Waals surface area contributed by atoms with E-state index in [1.165, 1.54) is 95.5 Å². The molecule has 1 aromatic rings. The fourth-order valence-corrected chi connectivity index (χ4v) is 6.01. The maximum Gasteiger partial charge on any atom is 0.0177 e. The minimum Gasteiger partial charge on any atom is -0.0851 e. The molecule has 0 atom stereocenters. The molecular weight excluding hydrogens is 372 g/mol. The van der Waals surface area contributed by atoms with Gasteiger partial charge >= 0.3 is 0 Å². The maximum atomic E-state index is 2.62. The van der Waals surface area contributed by atoms with E-state index in [0.29, 0.717) is 5.41 Å². The van der Waals surface area contributed by atoms with Crippen LogP contribution in [-0.2, 0) is 11.8 Å². The van der Waals surface area contributed by atoms with Crippen LogP contribution >= 0.6 is 0 Å². The number of hydrogen-bond donors (Lipinski definition) is 0. The molecule has 0 heterocycles. The number of benzene rings is 1. The first-order valence-electron chi connectivity index (χ1n) is 13.5. The van der Waals surface area contributed by atoms with Crippen LogP contribution in [0.1, 0.15) is 120 Å². The van der Waals surface area contributed by atoms with E-state index >= 15 is 0 Å². The molecule has 0 aliphatic heterocycles. The van der Waals surface area contributed by atoms with Gasteiger partial charge in [-0.25, -0.2) is 0 Å². The first-order valence-corrected chi connectivity index (χ1v) is 13.5. The molecule has 4 rings (SSSR count). The summed E-state index contributed by atoms with van der Waals surface area (Å²) in [6, 6.07) is 7.51. The second kappa shape index (κ2) is 10.8. The Bertz CT molecular complexity index is 802. The summed E-state index contributed by atoms with van der Waals surface area (Å²) in [4.78, 5) is 0. The third kappa shape index (κ3) is 5.27. The predicted octanol–water partition coefficient (Wildman–Crippen LogP) is 9.49. The monoisotopic (exact) mass is 416 g/mol. The number of allylic oxidation sites excluding steroid dienone is 6. The molecule has 1 aromatic carbocycles. The minimum absolute atomic E-state index is 0.313. The lowest BCUT2D eigenvalue weighted by Gasteiger charge is -2.36. The summed E-state index contributed by atoms with van der Waals surface area (Å²) in [6.45, 7) is 4.67. The smallest absolute Gasteiger partial charge is 0.0177 e. The number of unbranched alkanes of at least 4 members (excludes halogenated alkanes) is 6. The summed E-state index contributed by atoms with van der Waals surface area (Å²) < 4.78 is 0. The summed E-state index contributed by atoms with van der Waals surface area (Å²) >= 11 is 0. The number of rotatable bonds is 13. The Labute approximate surface area is 191 Å². The Kier molecular flexibility index (Phi) is 7.91. The molecule has 0 nitrogen and oxygen atoms in total. The van der Waals surface area contributed by atoms with Crippen LogP contribution in [-0.4, -0.2) is 0 Å². The average molecular weight is 417 g/mol. The highest BCUT2D eigenvalue weighted by Gasteiger charge is 2.43. The molecule has 0 amide bonds. The normalized spacial score (nSPS) is 19.3. The first kappa shape index (κ1) is 22.6. The van der Waals surface area contributed by atoms with Crippen molar-refractivity contribution < 1.29 is 0 Å². The van der Waals surface area contributed by atoms with Crippen LogP contribution in [0, 0.1) is 5.92 Å². The van der Waals surface area contributed by atoms with E-state index in [2.05, 4.69) is 56.4 Å². The van der Waals surface area contributed by atoms with Crippen molar-refractivity contribution in [1.82, 2.24) is 0 Å². The van der Waals surface area contributed by atoms with Crippen LogP contribution < -0.4 is 0 Å². The lowest BCUT2D eigenvalue weighted by molar-refractivity contribution is 0.383. The summed E-state index contributed by atoms with van der Waals surface area (Å²) in [5.41, 5.74) is 8.47.